The molecule has 12 nitrogen and oxygen atoms in total. The molecule has 1 aliphatic rings. The fourth-order valence-electron chi connectivity index (χ4n) is 3.64. The lowest BCUT2D eigenvalue weighted by molar-refractivity contribution is -0.277. The topological polar surface area (TPSA) is 201 Å². The van der Waals surface area contributed by atoms with Gasteiger partial charge in [0.05, 0.1) is 25.3 Å². The molecule has 1 fully saturated rings. The van der Waals surface area contributed by atoms with Crippen LogP contribution in [0.1, 0.15) is 0 Å². The normalized spacial score (nSPS) is 24.8. The Kier molecular flexibility index (Phi) is 6.25. The SMILES string of the molecule is COc1cc(-c2[o+]c3cc(O)cc(O)c3cc2O[C@H]2O[C@@H](CO)[C@H](O)[C@@H](O)[C@@H]2O)cc(O)c1O. The standard InChI is InChI=1S/C22H22O12/c1-31-14-3-8(2-12(26)17(14)27)21-15(6-10-11(25)4-9(24)5-13(10)32-21)33-22-20(30)19(29)18(28)16(7-23)34-22/h2-6,16,18-20,22-23,28-30H,7H2,1H3,(H3-,24,25,26,27)/p+1/t16-,18-,19+,20-,22-/m0/s1. The Morgan fingerprint density at radius 3 is 2.29 bits per heavy atom. The molecule has 2 aromatic carbocycles. The van der Waals surface area contributed by atoms with Crippen LogP contribution in [0.4, 0.5) is 0 Å². The number of methoxy groups -OCH3 is 1. The number of hydrogen-bond donors (Lipinski definition) is 8. The van der Waals surface area contributed by atoms with Crippen molar-refractivity contribution < 1.29 is 59.5 Å². The molecule has 1 saturated heterocycles. The third-order valence-electron chi connectivity index (χ3n) is 5.44. The van der Waals surface area contributed by atoms with Gasteiger partial charge in [-0.1, -0.05) is 0 Å². The predicted molar refractivity (Wildman–Crippen MR) is 114 cm³/mol. The summed E-state index contributed by atoms with van der Waals surface area (Å²) >= 11 is 0. The largest absolute Gasteiger partial charge is 0.507 e. The number of benzene rings is 2. The average Bonchev–Trinajstić information content (AvgIpc) is 2.81. The van der Waals surface area contributed by atoms with E-state index < -0.39 is 48.8 Å². The lowest BCUT2D eigenvalue weighted by Crippen LogP contribution is -2.60. The maximum Gasteiger partial charge on any atom is 0.402 e. The molecule has 182 valence electrons. The molecule has 8 N–H and O–H groups in total. The molecule has 4 rings (SSSR count). The second-order valence-corrected chi connectivity index (χ2v) is 7.68. The summed E-state index contributed by atoms with van der Waals surface area (Å²) in [5.74, 6) is -2.12. The number of phenolic OH excluding ortho intramolecular Hbond substituents is 4. The third-order valence-corrected chi connectivity index (χ3v) is 5.44. The van der Waals surface area contributed by atoms with Crippen LogP contribution in [-0.2, 0) is 4.74 Å². The highest BCUT2D eigenvalue weighted by atomic mass is 16.7. The Morgan fingerprint density at radius 1 is 0.882 bits per heavy atom. The fourth-order valence-corrected chi connectivity index (χ4v) is 3.64. The van der Waals surface area contributed by atoms with Gasteiger partial charge in [-0.3, -0.25) is 0 Å². The first-order chi connectivity index (χ1) is 16.1. The van der Waals surface area contributed by atoms with Crippen molar-refractivity contribution in [2.45, 2.75) is 30.7 Å². The van der Waals surface area contributed by atoms with Gasteiger partial charge in [0.2, 0.25) is 17.8 Å². The fraction of sp³-hybridized carbons (Fsp3) is 0.318. The Bertz CT molecular complexity index is 1210. The van der Waals surface area contributed by atoms with E-state index in [-0.39, 0.29) is 45.3 Å². The van der Waals surface area contributed by atoms with Crippen LogP contribution in [0.3, 0.4) is 0 Å². The van der Waals surface area contributed by atoms with Crippen LogP contribution in [0.2, 0.25) is 0 Å². The van der Waals surface area contributed by atoms with E-state index in [2.05, 4.69) is 0 Å². The van der Waals surface area contributed by atoms with Crippen molar-refractivity contribution >= 4 is 11.0 Å². The van der Waals surface area contributed by atoms with E-state index in [1.165, 1.54) is 25.3 Å². The molecule has 0 aliphatic carbocycles. The number of phenols is 4. The van der Waals surface area contributed by atoms with Crippen LogP contribution in [-0.4, -0.2) is 85.3 Å². The van der Waals surface area contributed by atoms with Crippen LogP contribution in [0.15, 0.2) is 34.7 Å². The van der Waals surface area contributed by atoms with E-state index in [9.17, 15) is 40.9 Å². The molecule has 0 spiro atoms. The maximum absolute atomic E-state index is 10.4. The zero-order chi connectivity index (χ0) is 24.7. The first-order valence-electron chi connectivity index (χ1n) is 10.0. The van der Waals surface area contributed by atoms with Crippen molar-refractivity contribution in [3.8, 4) is 45.8 Å². The Morgan fingerprint density at radius 2 is 1.62 bits per heavy atom. The number of hydrogen-bond acceptors (Lipinski definition) is 11. The van der Waals surface area contributed by atoms with E-state index in [0.29, 0.717) is 0 Å². The van der Waals surface area contributed by atoms with Gasteiger partial charge in [-0.2, -0.15) is 0 Å². The summed E-state index contributed by atoms with van der Waals surface area (Å²) in [6, 6.07) is 6.01. The summed E-state index contributed by atoms with van der Waals surface area (Å²) in [4.78, 5) is 0. The van der Waals surface area contributed by atoms with Crippen LogP contribution in [0.25, 0.3) is 22.3 Å². The quantitative estimate of drug-likeness (QED) is 0.185. The van der Waals surface area contributed by atoms with Crippen molar-refractivity contribution in [3.63, 3.8) is 0 Å². The lowest BCUT2D eigenvalue weighted by Gasteiger charge is -2.39. The molecule has 5 atom stereocenters. The van der Waals surface area contributed by atoms with Crippen molar-refractivity contribution in [2.75, 3.05) is 13.7 Å². The molecule has 1 aromatic heterocycles. The molecule has 0 unspecified atom stereocenters. The minimum absolute atomic E-state index is 0.0141. The van der Waals surface area contributed by atoms with E-state index in [0.717, 1.165) is 12.1 Å². The highest BCUT2D eigenvalue weighted by molar-refractivity contribution is 5.88. The van der Waals surface area contributed by atoms with Gasteiger partial charge in [-0.05, 0) is 0 Å². The Hall–Kier alpha value is -3.55. The highest BCUT2D eigenvalue weighted by Gasteiger charge is 2.45. The molecule has 34 heavy (non-hydrogen) atoms. The van der Waals surface area contributed by atoms with Crippen molar-refractivity contribution in [3.05, 3.63) is 30.3 Å². The average molecular weight is 479 g/mol. The second-order valence-electron chi connectivity index (χ2n) is 7.68. The second kappa shape index (κ2) is 9.00. The summed E-state index contributed by atoms with van der Waals surface area (Å²) in [6.45, 7) is -0.678. The minimum atomic E-state index is -1.74. The van der Waals surface area contributed by atoms with Gasteiger partial charge in [-0.15, -0.1) is 0 Å². The monoisotopic (exact) mass is 479 g/mol. The van der Waals surface area contributed by atoms with E-state index in [4.69, 9.17) is 18.6 Å². The highest BCUT2D eigenvalue weighted by Crippen LogP contribution is 2.45. The molecular formula is C22H23O12+. The molecule has 2 heterocycles. The summed E-state index contributed by atoms with van der Waals surface area (Å²) in [6.07, 6.45) is -7.88. The summed E-state index contributed by atoms with van der Waals surface area (Å²) in [7, 11) is 1.26. The van der Waals surface area contributed by atoms with Gasteiger partial charge >= 0.3 is 11.3 Å². The number of aliphatic hydroxyl groups excluding tert-OH is 4. The van der Waals surface area contributed by atoms with Gasteiger partial charge in [0.15, 0.2) is 11.5 Å². The van der Waals surface area contributed by atoms with Gasteiger partial charge in [0, 0.05) is 24.3 Å². The first kappa shape index (κ1) is 23.6. The van der Waals surface area contributed by atoms with Gasteiger partial charge in [0.25, 0.3) is 0 Å². The lowest BCUT2D eigenvalue weighted by atomic mass is 9.99. The minimum Gasteiger partial charge on any atom is -0.507 e. The first-order valence-corrected chi connectivity index (χ1v) is 10.0. The predicted octanol–water partition coefficient (Wildman–Crippen LogP) is 0.391. The van der Waals surface area contributed by atoms with Crippen molar-refractivity contribution in [1.29, 1.82) is 0 Å². The van der Waals surface area contributed by atoms with Crippen LogP contribution in [0.5, 0.6) is 34.5 Å². The molecule has 12 heteroatoms. The number of fused-ring (bicyclic) bond motifs is 1. The van der Waals surface area contributed by atoms with Crippen LogP contribution >= 0.6 is 0 Å². The zero-order valence-electron chi connectivity index (χ0n) is 17.7. The van der Waals surface area contributed by atoms with Gasteiger partial charge < -0.3 is 55.1 Å². The molecule has 0 amide bonds. The third kappa shape index (κ3) is 4.08. The summed E-state index contributed by atoms with van der Waals surface area (Å²) < 4.78 is 22.0. The number of ether oxygens (including phenoxy) is 3. The number of aromatic hydroxyl groups is 4. The molecular weight excluding hydrogens is 456 g/mol. The molecule has 0 radical (unpaired) electrons. The smallest absolute Gasteiger partial charge is 0.402 e. The number of rotatable bonds is 5. The van der Waals surface area contributed by atoms with Crippen molar-refractivity contribution in [1.82, 2.24) is 0 Å². The van der Waals surface area contributed by atoms with Gasteiger partial charge in [-0.25, -0.2) is 4.42 Å². The molecule has 1 aliphatic heterocycles. The maximum atomic E-state index is 10.4. The zero-order valence-corrected chi connectivity index (χ0v) is 17.7. The Labute approximate surface area is 191 Å². The van der Waals surface area contributed by atoms with Crippen molar-refractivity contribution in [2.24, 2.45) is 0 Å². The molecule has 3 aromatic rings. The van der Waals surface area contributed by atoms with Gasteiger partial charge in [0.1, 0.15) is 41.3 Å². The van der Waals surface area contributed by atoms with E-state index >= 15 is 0 Å². The molecule has 0 bridgehead atoms. The van der Waals surface area contributed by atoms with E-state index in [1.54, 1.807) is 0 Å². The van der Waals surface area contributed by atoms with E-state index in [1.807, 2.05) is 0 Å². The summed E-state index contributed by atoms with van der Waals surface area (Å²) in [5, 5.41) is 80.1. The molecule has 0 saturated carbocycles. The van der Waals surface area contributed by atoms with Crippen LogP contribution < -0.4 is 9.47 Å². The van der Waals surface area contributed by atoms with Crippen LogP contribution in [0, 0.1) is 0 Å². The summed E-state index contributed by atoms with van der Waals surface area (Å²) in [5.41, 5.74) is 0.136. The Balaban J connectivity index is 1.87. The number of aliphatic hydroxyl groups is 4.